The second-order valence-electron chi connectivity index (χ2n) is 14.0. The van der Waals surface area contributed by atoms with Crippen LogP contribution in [0.5, 0.6) is 0 Å². The number of hydrogen-bond acceptors (Lipinski definition) is 8. The van der Waals surface area contributed by atoms with Crippen LogP contribution >= 0.6 is 0 Å². The average Bonchev–Trinajstić information content (AvgIpc) is 3.49. The van der Waals surface area contributed by atoms with E-state index in [4.69, 9.17) is 4.74 Å². The molecule has 264 valence electrons. The van der Waals surface area contributed by atoms with Crippen LogP contribution in [0.25, 0.3) is 0 Å². The summed E-state index contributed by atoms with van der Waals surface area (Å²) in [5.41, 5.74) is 0.707. The predicted octanol–water partition coefficient (Wildman–Crippen LogP) is 4.57. The van der Waals surface area contributed by atoms with Crippen LogP contribution in [0.3, 0.4) is 0 Å². The Labute approximate surface area is 290 Å². The maximum atomic E-state index is 16.4. The third kappa shape index (κ3) is 6.21. The number of amides is 3. The standard InChI is InChI=1S/C36H41FN4O8Si/c1-21-33(50(3,4)37)31(17-32(44)39-19-25-10-6-5-9-24(25)15-28(39)20-42)49-36(21)29-16-27(41(47)48)12-13-30(29)40(35(36)46)18-23-8-7-11-26(14-23)38-34(45)22(2)43/h5-14,16,21-22,28,31,33,42-43H,15,17-20H2,1-4H3,(H,38,45)/t21-,22-,28-,31+,33-,36+/m0/s1. The number of nitrogens with one attached hydrogen (secondary N) is 1. The molecule has 1 saturated heterocycles. The van der Waals surface area contributed by atoms with E-state index in [-0.39, 0.29) is 43.3 Å². The highest BCUT2D eigenvalue weighted by Crippen LogP contribution is 2.60. The van der Waals surface area contributed by atoms with Gasteiger partial charge in [0, 0.05) is 41.4 Å². The lowest BCUT2D eigenvalue weighted by molar-refractivity contribution is -0.385. The van der Waals surface area contributed by atoms with Gasteiger partial charge in [0.25, 0.3) is 17.5 Å². The lowest BCUT2D eigenvalue weighted by Crippen LogP contribution is -2.48. The van der Waals surface area contributed by atoms with Gasteiger partial charge in [-0.2, -0.15) is 0 Å². The van der Waals surface area contributed by atoms with Gasteiger partial charge in [0.1, 0.15) is 6.10 Å². The largest absolute Gasteiger partial charge is 0.394 e. The van der Waals surface area contributed by atoms with Gasteiger partial charge in [0.05, 0.1) is 42.3 Å². The Bertz CT molecular complexity index is 1850. The molecule has 3 heterocycles. The van der Waals surface area contributed by atoms with E-state index in [1.165, 1.54) is 43.1 Å². The molecule has 6 atom stereocenters. The number of carbonyl (C=O) groups excluding carboxylic acids is 3. The van der Waals surface area contributed by atoms with Gasteiger partial charge in [-0.25, -0.2) is 0 Å². The molecular weight excluding hydrogens is 664 g/mol. The average molecular weight is 705 g/mol. The lowest BCUT2D eigenvalue weighted by Gasteiger charge is -2.37. The molecule has 0 bridgehead atoms. The first-order chi connectivity index (χ1) is 23.6. The number of carbonyl (C=O) groups is 3. The molecule has 3 aromatic rings. The molecule has 0 unspecified atom stereocenters. The van der Waals surface area contributed by atoms with E-state index < -0.39 is 60.5 Å². The number of aliphatic hydroxyl groups excluding tert-OH is 2. The number of nitro benzene ring substituents is 1. The summed E-state index contributed by atoms with van der Waals surface area (Å²) in [5.74, 6) is -2.27. The van der Waals surface area contributed by atoms with Crippen molar-refractivity contribution >= 4 is 43.2 Å². The molecule has 3 aliphatic rings. The van der Waals surface area contributed by atoms with E-state index in [0.29, 0.717) is 23.4 Å². The van der Waals surface area contributed by atoms with Crippen molar-refractivity contribution in [1.29, 1.82) is 0 Å². The summed E-state index contributed by atoms with van der Waals surface area (Å²) in [6, 6.07) is 18.0. The van der Waals surface area contributed by atoms with Crippen molar-refractivity contribution in [2.45, 2.75) is 82.3 Å². The first-order valence-electron chi connectivity index (χ1n) is 16.7. The van der Waals surface area contributed by atoms with Crippen LogP contribution in [0.2, 0.25) is 18.6 Å². The molecule has 14 heteroatoms. The van der Waals surface area contributed by atoms with Gasteiger partial charge >= 0.3 is 0 Å². The molecule has 1 fully saturated rings. The van der Waals surface area contributed by atoms with Crippen LogP contribution < -0.4 is 10.2 Å². The molecule has 0 aromatic heterocycles. The first kappa shape index (κ1) is 35.3. The van der Waals surface area contributed by atoms with Gasteiger partial charge in [-0.1, -0.05) is 43.3 Å². The molecule has 12 nitrogen and oxygen atoms in total. The molecule has 3 aliphatic heterocycles. The Hall–Kier alpha value is -4.50. The van der Waals surface area contributed by atoms with Crippen LogP contribution in [0, 0.1) is 16.0 Å². The summed E-state index contributed by atoms with van der Waals surface area (Å²) in [4.78, 5) is 55.4. The Morgan fingerprint density at radius 3 is 2.52 bits per heavy atom. The fourth-order valence-corrected chi connectivity index (χ4v) is 10.5. The molecule has 0 radical (unpaired) electrons. The zero-order valence-corrected chi connectivity index (χ0v) is 29.3. The Kier molecular flexibility index (Phi) is 9.41. The molecule has 6 rings (SSSR count). The molecule has 0 saturated carbocycles. The topological polar surface area (TPSA) is 163 Å². The monoisotopic (exact) mass is 704 g/mol. The molecule has 3 N–H and O–H groups in total. The summed E-state index contributed by atoms with van der Waals surface area (Å²) in [5, 5.41) is 34.4. The van der Waals surface area contributed by atoms with Crippen LogP contribution in [-0.2, 0) is 44.2 Å². The normalized spacial score (nSPS) is 25.0. The maximum Gasteiger partial charge on any atom is 0.269 e. The Morgan fingerprint density at radius 1 is 1.14 bits per heavy atom. The van der Waals surface area contributed by atoms with E-state index in [1.54, 1.807) is 36.1 Å². The fourth-order valence-electron chi connectivity index (χ4n) is 8.01. The van der Waals surface area contributed by atoms with Gasteiger partial charge < -0.3 is 34.2 Å². The molecule has 0 aliphatic carbocycles. The van der Waals surface area contributed by atoms with E-state index in [1.807, 2.05) is 24.3 Å². The highest BCUT2D eigenvalue weighted by Gasteiger charge is 2.67. The third-order valence-corrected chi connectivity index (χ3v) is 12.8. The number of anilines is 2. The van der Waals surface area contributed by atoms with Gasteiger partial charge in [-0.05, 0) is 61.3 Å². The van der Waals surface area contributed by atoms with Crippen molar-refractivity contribution in [3.63, 3.8) is 0 Å². The number of aliphatic hydroxyl groups is 2. The van der Waals surface area contributed by atoms with Crippen LogP contribution in [0.1, 0.15) is 42.5 Å². The summed E-state index contributed by atoms with van der Waals surface area (Å²) in [6.45, 7) is 6.09. The molecular formula is C36H41FN4O8Si. The highest BCUT2D eigenvalue weighted by atomic mass is 28.4. The van der Waals surface area contributed by atoms with Gasteiger partial charge in [0.2, 0.25) is 14.3 Å². The quantitative estimate of drug-likeness (QED) is 0.126. The lowest BCUT2D eigenvalue weighted by atomic mass is 9.82. The van der Waals surface area contributed by atoms with E-state index in [9.17, 15) is 34.7 Å². The number of rotatable bonds is 9. The van der Waals surface area contributed by atoms with E-state index in [0.717, 1.165) is 11.1 Å². The number of halogens is 1. The molecule has 3 aromatic carbocycles. The molecule has 3 amide bonds. The first-order valence-corrected chi connectivity index (χ1v) is 19.6. The summed E-state index contributed by atoms with van der Waals surface area (Å²) in [6.07, 6.45) is -2.03. The number of nitro groups is 1. The predicted molar refractivity (Wildman–Crippen MR) is 185 cm³/mol. The number of ether oxygens (including phenoxy) is 1. The third-order valence-electron chi connectivity index (χ3n) is 10.3. The number of hydrogen-bond donors (Lipinski definition) is 3. The number of benzene rings is 3. The van der Waals surface area contributed by atoms with Gasteiger partial charge in [-0.15, -0.1) is 0 Å². The van der Waals surface area contributed by atoms with E-state index in [2.05, 4.69) is 5.32 Å². The smallest absolute Gasteiger partial charge is 0.269 e. The van der Waals surface area contributed by atoms with Gasteiger partial charge in [0.15, 0.2) is 5.60 Å². The highest BCUT2D eigenvalue weighted by molar-refractivity contribution is 6.72. The Morgan fingerprint density at radius 2 is 1.86 bits per heavy atom. The SMILES string of the molecule is C[C@H](O)C(=O)Nc1cccc(CN2C(=O)[C@]3(O[C@H](CC(=O)N4Cc5ccccc5C[C@H]4CO)[C@@H]([Si](C)(C)F)[C@@H]3C)c3cc([N+](=O)[O-])ccc32)c1. The van der Waals surface area contributed by atoms with Crippen LogP contribution in [0.4, 0.5) is 21.2 Å². The van der Waals surface area contributed by atoms with Crippen molar-refractivity contribution < 1.29 is 38.4 Å². The van der Waals surface area contributed by atoms with Crippen molar-refractivity contribution in [1.82, 2.24) is 4.90 Å². The van der Waals surface area contributed by atoms with Crippen LogP contribution in [-0.4, -0.2) is 71.0 Å². The summed E-state index contributed by atoms with van der Waals surface area (Å²) in [7, 11) is -3.67. The number of fused-ring (bicyclic) bond motifs is 3. The minimum atomic E-state index is -3.67. The maximum absolute atomic E-state index is 16.4. The molecule has 50 heavy (non-hydrogen) atoms. The number of nitrogens with zero attached hydrogens (tertiary/aromatic N) is 3. The minimum Gasteiger partial charge on any atom is -0.394 e. The molecule has 1 spiro atoms. The number of non-ortho nitro benzene ring substituents is 1. The van der Waals surface area contributed by atoms with Crippen molar-refractivity contribution in [3.05, 3.63) is 99.1 Å². The van der Waals surface area contributed by atoms with Crippen molar-refractivity contribution in [2.75, 3.05) is 16.8 Å². The Balaban J connectivity index is 1.36. The van der Waals surface area contributed by atoms with E-state index >= 15 is 4.11 Å². The van der Waals surface area contributed by atoms with Gasteiger partial charge in [-0.3, -0.25) is 24.5 Å². The zero-order chi connectivity index (χ0) is 36.1. The minimum absolute atomic E-state index is 0.00403. The second kappa shape index (κ2) is 13.3. The second-order valence-corrected chi connectivity index (χ2v) is 17.8. The summed E-state index contributed by atoms with van der Waals surface area (Å²) < 4.78 is 23.1. The summed E-state index contributed by atoms with van der Waals surface area (Å²) >= 11 is 0. The van der Waals surface area contributed by atoms with Crippen molar-refractivity contribution in [3.8, 4) is 0 Å². The fraction of sp³-hybridized carbons (Fsp3) is 0.417. The van der Waals surface area contributed by atoms with Crippen LogP contribution in [0.15, 0.2) is 66.7 Å². The zero-order valence-electron chi connectivity index (χ0n) is 28.3. The van der Waals surface area contributed by atoms with Crippen molar-refractivity contribution in [2.24, 2.45) is 5.92 Å².